The summed E-state index contributed by atoms with van der Waals surface area (Å²) in [6.45, 7) is 11.7. The number of amides is 1. The number of nitrogens with one attached hydrogen (secondary N) is 2. The molecule has 0 aromatic rings. The molecule has 6 nitrogen and oxygen atoms in total. The molecule has 1 aliphatic carbocycles. The highest BCUT2D eigenvalue weighted by atomic mass is 16.2. The lowest BCUT2D eigenvalue weighted by Crippen LogP contribution is -2.45. The Morgan fingerprint density at radius 2 is 1.86 bits per heavy atom. The zero-order valence-electron chi connectivity index (χ0n) is 18.8. The van der Waals surface area contributed by atoms with Gasteiger partial charge in [-0.1, -0.05) is 19.8 Å². The van der Waals surface area contributed by atoms with Gasteiger partial charge >= 0.3 is 0 Å². The maximum Gasteiger partial charge on any atom is 0.225 e. The van der Waals surface area contributed by atoms with Crippen LogP contribution in [0.15, 0.2) is 4.99 Å². The molecule has 0 bridgehead atoms. The molecule has 2 N–H and O–H groups in total. The topological polar surface area (TPSA) is 60.0 Å². The number of carbonyl (C=O) groups is 1. The summed E-state index contributed by atoms with van der Waals surface area (Å²) in [5.41, 5.74) is 0. The minimum absolute atomic E-state index is 0.290. The van der Waals surface area contributed by atoms with Crippen molar-refractivity contribution in [3.8, 4) is 0 Å². The standard InChI is InChI=1S/C23H43N5O/c1-3-24-23(25-13-6-7-14-27-15-8-9-19(2)17-27)26-21-12-16-28(18-21)22(29)20-10-4-5-11-20/h19-21H,3-18H2,1-2H3,(H2,24,25,26). The molecule has 1 saturated carbocycles. The molecule has 29 heavy (non-hydrogen) atoms. The van der Waals surface area contributed by atoms with E-state index in [4.69, 9.17) is 4.99 Å². The summed E-state index contributed by atoms with van der Waals surface area (Å²) in [4.78, 5) is 22.1. The van der Waals surface area contributed by atoms with Crippen molar-refractivity contribution >= 4 is 11.9 Å². The van der Waals surface area contributed by atoms with Gasteiger partial charge in [0.25, 0.3) is 0 Å². The van der Waals surface area contributed by atoms with E-state index in [1.807, 2.05) is 0 Å². The fourth-order valence-corrected chi connectivity index (χ4v) is 5.15. The summed E-state index contributed by atoms with van der Waals surface area (Å²) in [7, 11) is 0. The highest BCUT2D eigenvalue weighted by Gasteiger charge is 2.32. The van der Waals surface area contributed by atoms with E-state index in [1.54, 1.807) is 0 Å². The monoisotopic (exact) mass is 405 g/mol. The highest BCUT2D eigenvalue weighted by Crippen LogP contribution is 2.27. The molecule has 166 valence electrons. The van der Waals surface area contributed by atoms with Crippen LogP contribution in [0.4, 0.5) is 0 Å². The number of hydrogen-bond acceptors (Lipinski definition) is 3. The molecule has 0 aromatic heterocycles. The van der Waals surface area contributed by atoms with Crippen LogP contribution in [0, 0.1) is 11.8 Å². The van der Waals surface area contributed by atoms with Gasteiger partial charge in [-0.05, 0) is 70.9 Å². The zero-order chi connectivity index (χ0) is 20.5. The fourth-order valence-electron chi connectivity index (χ4n) is 5.15. The van der Waals surface area contributed by atoms with Crippen LogP contribution in [-0.4, -0.2) is 73.5 Å². The van der Waals surface area contributed by atoms with Gasteiger partial charge in [-0.25, -0.2) is 0 Å². The number of carbonyl (C=O) groups excluding carboxylic acids is 1. The molecule has 3 fully saturated rings. The van der Waals surface area contributed by atoms with E-state index >= 15 is 0 Å². The van der Waals surface area contributed by atoms with Gasteiger partial charge in [0, 0.05) is 44.7 Å². The minimum atomic E-state index is 0.290. The summed E-state index contributed by atoms with van der Waals surface area (Å²) < 4.78 is 0. The number of hydrogen-bond donors (Lipinski definition) is 2. The van der Waals surface area contributed by atoms with Crippen LogP contribution in [0.3, 0.4) is 0 Å². The van der Waals surface area contributed by atoms with E-state index in [0.717, 1.165) is 63.7 Å². The first-order chi connectivity index (χ1) is 14.2. The first-order valence-electron chi connectivity index (χ1n) is 12.2. The van der Waals surface area contributed by atoms with Crippen molar-refractivity contribution in [1.82, 2.24) is 20.4 Å². The van der Waals surface area contributed by atoms with Gasteiger partial charge in [0.15, 0.2) is 5.96 Å². The van der Waals surface area contributed by atoms with Gasteiger partial charge in [0.2, 0.25) is 5.91 Å². The Bertz CT molecular complexity index is 531. The number of guanidine groups is 1. The average Bonchev–Trinajstić information content (AvgIpc) is 3.40. The summed E-state index contributed by atoms with van der Waals surface area (Å²) in [5.74, 6) is 2.46. The van der Waals surface area contributed by atoms with Crippen LogP contribution in [0.2, 0.25) is 0 Å². The van der Waals surface area contributed by atoms with Crippen LogP contribution < -0.4 is 10.6 Å². The molecule has 2 saturated heterocycles. The van der Waals surface area contributed by atoms with Gasteiger partial charge < -0.3 is 20.4 Å². The lowest BCUT2D eigenvalue weighted by molar-refractivity contribution is -0.134. The Morgan fingerprint density at radius 3 is 2.62 bits per heavy atom. The Labute approximate surface area is 177 Å². The molecule has 3 aliphatic rings. The zero-order valence-corrected chi connectivity index (χ0v) is 18.8. The molecule has 2 heterocycles. The first kappa shape index (κ1) is 22.4. The highest BCUT2D eigenvalue weighted by molar-refractivity contribution is 5.81. The lowest BCUT2D eigenvalue weighted by Gasteiger charge is -2.30. The van der Waals surface area contributed by atoms with Gasteiger partial charge in [-0.2, -0.15) is 0 Å². The van der Waals surface area contributed by atoms with Gasteiger partial charge in [0.1, 0.15) is 0 Å². The van der Waals surface area contributed by atoms with E-state index in [0.29, 0.717) is 17.9 Å². The lowest BCUT2D eigenvalue weighted by atomic mass is 10.0. The molecule has 0 spiro atoms. The van der Waals surface area contributed by atoms with E-state index < -0.39 is 0 Å². The second-order valence-corrected chi connectivity index (χ2v) is 9.41. The molecule has 3 rings (SSSR count). The van der Waals surface area contributed by atoms with Crippen molar-refractivity contribution in [2.24, 2.45) is 16.8 Å². The third-order valence-corrected chi connectivity index (χ3v) is 6.78. The normalized spacial score (nSPS) is 26.8. The minimum Gasteiger partial charge on any atom is -0.357 e. The maximum atomic E-state index is 12.6. The van der Waals surface area contributed by atoms with Crippen molar-refractivity contribution in [3.63, 3.8) is 0 Å². The summed E-state index contributed by atoms with van der Waals surface area (Å²) in [5, 5.41) is 6.95. The third kappa shape index (κ3) is 7.16. The second-order valence-electron chi connectivity index (χ2n) is 9.41. The van der Waals surface area contributed by atoms with E-state index in [2.05, 4.69) is 34.3 Å². The van der Waals surface area contributed by atoms with Crippen LogP contribution in [0.25, 0.3) is 0 Å². The number of unbranched alkanes of at least 4 members (excludes halogenated alkanes) is 1. The van der Waals surface area contributed by atoms with Gasteiger partial charge in [-0.3, -0.25) is 9.79 Å². The fraction of sp³-hybridized carbons (Fsp3) is 0.913. The molecule has 2 aliphatic heterocycles. The largest absolute Gasteiger partial charge is 0.357 e. The molecule has 2 atom stereocenters. The van der Waals surface area contributed by atoms with Crippen molar-refractivity contribution in [2.75, 3.05) is 45.8 Å². The van der Waals surface area contributed by atoms with E-state index in [-0.39, 0.29) is 0 Å². The van der Waals surface area contributed by atoms with Gasteiger partial charge in [0.05, 0.1) is 0 Å². The summed E-state index contributed by atoms with van der Waals surface area (Å²) in [6, 6.07) is 0.327. The Kier molecular flexibility index (Phi) is 9.09. The Hall–Kier alpha value is -1.30. The Balaban J connectivity index is 1.36. The molecular weight excluding hydrogens is 362 g/mol. The van der Waals surface area contributed by atoms with Crippen molar-refractivity contribution in [2.45, 2.75) is 77.7 Å². The van der Waals surface area contributed by atoms with Crippen LogP contribution in [0.1, 0.15) is 71.6 Å². The maximum absolute atomic E-state index is 12.6. The first-order valence-corrected chi connectivity index (χ1v) is 12.2. The van der Waals surface area contributed by atoms with Crippen molar-refractivity contribution in [3.05, 3.63) is 0 Å². The molecule has 0 aromatic carbocycles. The van der Waals surface area contributed by atoms with Crippen molar-refractivity contribution in [1.29, 1.82) is 0 Å². The van der Waals surface area contributed by atoms with Crippen molar-refractivity contribution < 1.29 is 4.79 Å². The van der Waals surface area contributed by atoms with Gasteiger partial charge in [-0.15, -0.1) is 0 Å². The number of nitrogens with zero attached hydrogens (tertiary/aromatic N) is 3. The third-order valence-electron chi connectivity index (χ3n) is 6.78. The van der Waals surface area contributed by atoms with E-state index in [9.17, 15) is 4.79 Å². The number of aliphatic imine (C=N–C) groups is 1. The summed E-state index contributed by atoms with van der Waals surface area (Å²) >= 11 is 0. The quantitative estimate of drug-likeness (QED) is 0.370. The predicted octanol–water partition coefficient (Wildman–Crippen LogP) is 2.84. The molecule has 1 amide bonds. The summed E-state index contributed by atoms with van der Waals surface area (Å²) in [6.07, 6.45) is 10.8. The smallest absolute Gasteiger partial charge is 0.225 e. The number of piperidine rings is 1. The molecular formula is C23H43N5O. The number of rotatable bonds is 8. The molecule has 0 radical (unpaired) electrons. The SMILES string of the molecule is CCNC(=NCCCCN1CCCC(C)C1)NC1CCN(C(=O)C2CCCC2)C1. The van der Waals surface area contributed by atoms with Crippen LogP contribution in [-0.2, 0) is 4.79 Å². The average molecular weight is 406 g/mol. The molecule has 2 unspecified atom stereocenters. The van der Waals surface area contributed by atoms with Crippen LogP contribution in [0.5, 0.6) is 0 Å². The second kappa shape index (κ2) is 11.8. The number of likely N-dealkylation sites (tertiary alicyclic amines) is 2. The predicted molar refractivity (Wildman–Crippen MR) is 120 cm³/mol. The van der Waals surface area contributed by atoms with Crippen LogP contribution >= 0.6 is 0 Å². The molecule has 6 heteroatoms. The Morgan fingerprint density at radius 1 is 1.03 bits per heavy atom. The van der Waals surface area contributed by atoms with E-state index in [1.165, 1.54) is 51.7 Å².